The van der Waals surface area contributed by atoms with Gasteiger partial charge in [-0.15, -0.1) is 0 Å². The molecule has 33 heavy (non-hydrogen) atoms. The molecule has 2 aromatic rings. The molecule has 4 rings (SSSR count). The zero-order valence-corrected chi connectivity index (χ0v) is 18.7. The number of ether oxygens (including phenoxy) is 2. The number of nitrogens with zero attached hydrogens (tertiary/aromatic N) is 2. The number of ketones is 1. The molecule has 2 aromatic carbocycles. The molecule has 0 saturated carbocycles. The second kappa shape index (κ2) is 9.62. The molecule has 0 radical (unpaired) electrons. The number of aliphatic hydroxyl groups excluding tert-OH is 1. The lowest BCUT2D eigenvalue weighted by Crippen LogP contribution is -2.37. The molecule has 2 aliphatic rings. The van der Waals surface area contributed by atoms with Crippen LogP contribution in [0, 0.1) is 5.82 Å². The summed E-state index contributed by atoms with van der Waals surface area (Å²) in [5, 5.41) is 11.1. The minimum Gasteiger partial charge on any atom is -0.507 e. The maximum Gasteiger partial charge on any atom is 0.295 e. The molecule has 2 heterocycles. The number of aliphatic hydroxyl groups is 1. The quantitative estimate of drug-likeness (QED) is 0.393. The monoisotopic (exact) mass is 454 g/mol. The number of carbonyl (C=O) groups is 2. The molecule has 1 amide bonds. The van der Waals surface area contributed by atoms with Crippen molar-refractivity contribution >= 4 is 17.4 Å². The zero-order valence-electron chi connectivity index (χ0n) is 18.7. The van der Waals surface area contributed by atoms with Crippen LogP contribution in [0.3, 0.4) is 0 Å². The van der Waals surface area contributed by atoms with Gasteiger partial charge >= 0.3 is 0 Å². The first kappa shape index (κ1) is 22.8. The first-order valence-corrected chi connectivity index (χ1v) is 10.9. The van der Waals surface area contributed by atoms with Crippen molar-refractivity contribution in [3.63, 3.8) is 0 Å². The number of amides is 1. The molecule has 2 aliphatic heterocycles. The maximum absolute atomic E-state index is 14.3. The van der Waals surface area contributed by atoms with Gasteiger partial charge in [-0.2, -0.15) is 0 Å². The van der Waals surface area contributed by atoms with Crippen molar-refractivity contribution in [2.75, 3.05) is 40.4 Å². The Morgan fingerprint density at radius 3 is 2.33 bits per heavy atom. The highest BCUT2D eigenvalue weighted by atomic mass is 19.1. The minimum atomic E-state index is -0.788. The molecular weight excluding hydrogens is 427 g/mol. The Bertz CT molecular complexity index is 1080. The number of carbonyl (C=O) groups excluding carboxylic acids is 2. The van der Waals surface area contributed by atoms with Gasteiger partial charge in [0.15, 0.2) is 11.6 Å². The highest BCUT2D eigenvalue weighted by Gasteiger charge is 2.46. The van der Waals surface area contributed by atoms with Crippen LogP contribution in [0.1, 0.15) is 30.0 Å². The lowest BCUT2D eigenvalue weighted by molar-refractivity contribution is -0.140. The predicted octanol–water partition coefficient (Wildman–Crippen LogP) is 3.36. The van der Waals surface area contributed by atoms with Gasteiger partial charge in [-0.05, 0) is 61.8 Å². The van der Waals surface area contributed by atoms with E-state index in [4.69, 9.17) is 9.47 Å². The van der Waals surface area contributed by atoms with Gasteiger partial charge in [-0.1, -0.05) is 12.1 Å². The van der Waals surface area contributed by atoms with Crippen LogP contribution >= 0.6 is 0 Å². The van der Waals surface area contributed by atoms with Crippen LogP contribution in [0.15, 0.2) is 48.0 Å². The number of hydrogen-bond donors (Lipinski definition) is 1. The fourth-order valence-electron chi connectivity index (χ4n) is 4.47. The molecule has 8 heteroatoms. The lowest BCUT2D eigenvalue weighted by Gasteiger charge is -2.27. The van der Waals surface area contributed by atoms with E-state index < -0.39 is 29.3 Å². The molecule has 1 unspecified atom stereocenters. The van der Waals surface area contributed by atoms with Crippen LogP contribution in [-0.2, 0) is 9.59 Å². The fraction of sp³-hybridized carbons (Fsp3) is 0.360. The van der Waals surface area contributed by atoms with Crippen LogP contribution < -0.4 is 9.47 Å². The van der Waals surface area contributed by atoms with E-state index in [0.717, 1.165) is 32.0 Å². The molecule has 1 atom stereocenters. The van der Waals surface area contributed by atoms with Gasteiger partial charge in [0.25, 0.3) is 11.7 Å². The summed E-state index contributed by atoms with van der Waals surface area (Å²) in [6, 6.07) is 10.1. The second-order valence-corrected chi connectivity index (χ2v) is 8.16. The van der Waals surface area contributed by atoms with Crippen molar-refractivity contribution in [1.82, 2.24) is 9.80 Å². The molecule has 7 nitrogen and oxygen atoms in total. The summed E-state index contributed by atoms with van der Waals surface area (Å²) >= 11 is 0. The molecule has 1 N–H and O–H groups in total. The van der Waals surface area contributed by atoms with Gasteiger partial charge in [0, 0.05) is 18.7 Å². The normalized spacial score (nSPS) is 20.5. The average molecular weight is 454 g/mol. The topological polar surface area (TPSA) is 79.3 Å². The van der Waals surface area contributed by atoms with Gasteiger partial charge < -0.3 is 24.4 Å². The summed E-state index contributed by atoms with van der Waals surface area (Å²) in [5.74, 6) is -1.91. The lowest BCUT2D eigenvalue weighted by atomic mass is 9.95. The van der Waals surface area contributed by atoms with Crippen LogP contribution in [0.2, 0.25) is 0 Å². The molecular formula is C25H27FN2O5. The average Bonchev–Trinajstić information content (AvgIpc) is 3.44. The Morgan fingerprint density at radius 2 is 1.73 bits per heavy atom. The van der Waals surface area contributed by atoms with Crippen molar-refractivity contribution in [3.05, 3.63) is 65.0 Å². The number of likely N-dealkylation sites (tertiary alicyclic amines) is 2. The van der Waals surface area contributed by atoms with Crippen molar-refractivity contribution in [3.8, 4) is 11.5 Å². The highest BCUT2D eigenvalue weighted by molar-refractivity contribution is 6.46. The molecule has 2 fully saturated rings. The van der Waals surface area contributed by atoms with Gasteiger partial charge in [-0.3, -0.25) is 9.59 Å². The summed E-state index contributed by atoms with van der Waals surface area (Å²) < 4.78 is 24.5. The molecule has 0 spiro atoms. The third kappa shape index (κ3) is 4.43. The predicted molar refractivity (Wildman–Crippen MR) is 121 cm³/mol. The smallest absolute Gasteiger partial charge is 0.295 e. The summed E-state index contributed by atoms with van der Waals surface area (Å²) in [5.41, 5.74) is 0.701. The largest absolute Gasteiger partial charge is 0.507 e. The van der Waals surface area contributed by atoms with Gasteiger partial charge in [0.05, 0.1) is 25.8 Å². The van der Waals surface area contributed by atoms with Gasteiger partial charge in [0.2, 0.25) is 0 Å². The SMILES string of the molecule is COc1ccc(C2/C(=C(\O)c3ccc(OC)c(F)c3)C(=O)C(=O)N2CCN2CCCC2)cc1. The van der Waals surface area contributed by atoms with Crippen molar-refractivity contribution in [1.29, 1.82) is 0 Å². The van der Waals surface area contributed by atoms with Crippen LogP contribution in [0.5, 0.6) is 11.5 Å². The summed E-state index contributed by atoms with van der Waals surface area (Å²) in [6.07, 6.45) is 2.23. The number of Topliss-reactive ketones (excluding diaryl/α,β-unsaturated/α-hetero) is 1. The third-order valence-electron chi connectivity index (χ3n) is 6.25. The highest BCUT2D eigenvalue weighted by Crippen LogP contribution is 2.40. The zero-order chi connectivity index (χ0) is 23.5. The van der Waals surface area contributed by atoms with E-state index in [1.807, 2.05) is 0 Å². The number of methoxy groups -OCH3 is 2. The number of hydrogen-bond acceptors (Lipinski definition) is 6. The summed E-state index contributed by atoms with van der Waals surface area (Å²) in [7, 11) is 2.89. The van der Waals surface area contributed by atoms with Crippen LogP contribution in [0.4, 0.5) is 4.39 Å². The van der Waals surface area contributed by atoms with E-state index in [0.29, 0.717) is 24.4 Å². The Labute approximate surface area is 192 Å². The van der Waals surface area contributed by atoms with Gasteiger partial charge in [-0.25, -0.2) is 4.39 Å². The second-order valence-electron chi connectivity index (χ2n) is 8.16. The van der Waals surface area contributed by atoms with E-state index in [1.165, 1.54) is 24.1 Å². The Kier molecular flexibility index (Phi) is 6.65. The van der Waals surface area contributed by atoms with Crippen molar-refractivity contribution < 1.29 is 28.6 Å². The van der Waals surface area contributed by atoms with Crippen molar-refractivity contribution in [2.24, 2.45) is 0 Å². The first-order valence-electron chi connectivity index (χ1n) is 10.9. The van der Waals surface area contributed by atoms with E-state index >= 15 is 0 Å². The third-order valence-corrected chi connectivity index (χ3v) is 6.25. The maximum atomic E-state index is 14.3. The molecule has 0 aromatic heterocycles. The van der Waals surface area contributed by atoms with E-state index in [9.17, 15) is 19.1 Å². The number of benzene rings is 2. The van der Waals surface area contributed by atoms with Crippen molar-refractivity contribution in [2.45, 2.75) is 18.9 Å². The minimum absolute atomic E-state index is 0.0179. The fourth-order valence-corrected chi connectivity index (χ4v) is 4.47. The molecule has 0 aliphatic carbocycles. The van der Waals surface area contributed by atoms with Gasteiger partial charge in [0.1, 0.15) is 11.5 Å². The summed E-state index contributed by atoms with van der Waals surface area (Å²) in [6.45, 7) is 2.90. The van der Waals surface area contributed by atoms with E-state index in [1.54, 1.807) is 31.4 Å². The van der Waals surface area contributed by atoms with Crippen LogP contribution in [-0.4, -0.2) is 67.0 Å². The number of rotatable bonds is 7. The Hall–Kier alpha value is -3.39. The molecule has 174 valence electrons. The molecule has 2 saturated heterocycles. The Balaban J connectivity index is 1.76. The van der Waals surface area contributed by atoms with E-state index in [-0.39, 0.29) is 16.9 Å². The molecule has 0 bridgehead atoms. The van der Waals surface area contributed by atoms with E-state index in [2.05, 4.69) is 4.90 Å². The summed E-state index contributed by atoms with van der Waals surface area (Å²) in [4.78, 5) is 29.8. The first-order chi connectivity index (χ1) is 15.9. The Morgan fingerprint density at radius 1 is 1.03 bits per heavy atom. The van der Waals surface area contributed by atoms with Crippen LogP contribution in [0.25, 0.3) is 5.76 Å². The number of halogens is 1. The standard InChI is InChI=1S/C25H27FN2O5/c1-32-18-8-5-16(6-9-18)22-21(23(29)17-7-10-20(33-2)19(26)15-17)24(30)25(31)28(22)14-13-27-11-3-4-12-27/h5-10,15,22,29H,3-4,11-14H2,1-2H3/b23-21+.